The molecule has 4 rings (SSSR count). The first-order chi connectivity index (χ1) is 21.6. The summed E-state index contributed by atoms with van der Waals surface area (Å²) in [5, 5.41) is 26.8. The lowest BCUT2D eigenvalue weighted by atomic mass is 9.80. The quantitative estimate of drug-likeness (QED) is 0.0615. The molecule has 0 saturated carbocycles. The third-order valence-electron chi connectivity index (χ3n) is 8.08. The van der Waals surface area contributed by atoms with Crippen LogP contribution in [0.4, 0.5) is 0 Å². The molecule has 3 aromatic carbocycles. The Kier molecular flexibility index (Phi) is 10.6. The number of nitrogens with zero attached hydrogens (tertiary/aromatic N) is 2. The van der Waals surface area contributed by atoms with Gasteiger partial charge in [0.15, 0.2) is 11.3 Å². The largest absolute Gasteiger partial charge is 0.480 e. The van der Waals surface area contributed by atoms with E-state index in [2.05, 4.69) is 0 Å². The topological polar surface area (TPSA) is 214 Å². The molecule has 0 unspecified atom stereocenters. The minimum absolute atomic E-state index is 0.0799. The molecule has 1 aromatic heterocycles. The van der Waals surface area contributed by atoms with Gasteiger partial charge in [0, 0.05) is 17.3 Å². The monoisotopic (exact) mass is 612 g/mol. The number of ketones is 1. The molecule has 0 aliphatic rings. The van der Waals surface area contributed by atoms with Crippen LogP contribution in [0, 0.1) is 0 Å². The van der Waals surface area contributed by atoms with Crippen LogP contribution in [-0.4, -0.2) is 56.3 Å². The van der Waals surface area contributed by atoms with E-state index in [1.165, 1.54) is 6.08 Å². The van der Waals surface area contributed by atoms with Gasteiger partial charge in [-0.2, -0.15) is 5.10 Å². The number of aliphatic carboxylic acids is 2. The van der Waals surface area contributed by atoms with Gasteiger partial charge in [0.05, 0.1) is 5.69 Å². The van der Waals surface area contributed by atoms with Crippen molar-refractivity contribution < 1.29 is 24.6 Å². The van der Waals surface area contributed by atoms with Crippen molar-refractivity contribution in [3.8, 4) is 16.9 Å². The highest BCUT2D eigenvalue weighted by Crippen LogP contribution is 2.40. The van der Waals surface area contributed by atoms with Gasteiger partial charge in [0.2, 0.25) is 0 Å². The van der Waals surface area contributed by atoms with Crippen molar-refractivity contribution in [3.63, 3.8) is 0 Å². The molecule has 4 aromatic rings. The Morgan fingerprint density at radius 3 is 2.09 bits per heavy atom. The zero-order valence-electron chi connectivity index (χ0n) is 25.1. The van der Waals surface area contributed by atoms with E-state index in [4.69, 9.17) is 28.0 Å². The molecule has 11 nitrogen and oxygen atoms in total. The van der Waals surface area contributed by atoms with Gasteiger partial charge in [0.25, 0.3) is 0 Å². The van der Waals surface area contributed by atoms with Gasteiger partial charge >= 0.3 is 11.9 Å². The first-order valence-electron chi connectivity index (χ1n) is 14.9. The zero-order valence-corrected chi connectivity index (χ0v) is 25.1. The van der Waals surface area contributed by atoms with E-state index in [0.717, 1.165) is 11.5 Å². The van der Waals surface area contributed by atoms with E-state index in [-0.39, 0.29) is 12.8 Å². The van der Waals surface area contributed by atoms with Crippen LogP contribution in [0.5, 0.6) is 0 Å². The predicted octanol–water partition coefficient (Wildman–Crippen LogP) is 3.55. The summed E-state index contributed by atoms with van der Waals surface area (Å²) >= 11 is 0. The average Bonchev–Trinajstić information content (AvgIpc) is 3.47. The van der Waals surface area contributed by atoms with Gasteiger partial charge in [-0.25, -0.2) is 14.3 Å². The highest BCUT2D eigenvalue weighted by Gasteiger charge is 2.41. The van der Waals surface area contributed by atoms with Gasteiger partial charge in [-0.1, -0.05) is 54.6 Å². The zero-order chi connectivity index (χ0) is 32.6. The number of carbonyl (C=O) groups excluding carboxylic acids is 1. The maximum absolute atomic E-state index is 13.3. The summed E-state index contributed by atoms with van der Waals surface area (Å²) in [7, 11) is 0. The number of carboxylic acids is 2. The summed E-state index contributed by atoms with van der Waals surface area (Å²) in [5.41, 5.74) is 22.6. The summed E-state index contributed by atoms with van der Waals surface area (Å²) in [6.45, 7) is 0.746. The Bertz CT molecular complexity index is 1700. The predicted molar refractivity (Wildman–Crippen MR) is 174 cm³/mol. The number of hydrogen-bond donors (Lipinski definition) is 6. The van der Waals surface area contributed by atoms with Gasteiger partial charge in [-0.3, -0.25) is 4.79 Å². The third-order valence-corrected chi connectivity index (χ3v) is 8.08. The molecule has 0 fully saturated rings. The van der Waals surface area contributed by atoms with Crippen molar-refractivity contribution in [1.82, 2.24) is 9.78 Å². The Hall–Kier alpha value is -4.68. The molecule has 0 radical (unpaired) electrons. The number of carboxylic acid groups (broad SMARTS) is 2. The van der Waals surface area contributed by atoms with Crippen molar-refractivity contribution in [2.24, 2.45) is 22.9 Å². The summed E-state index contributed by atoms with van der Waals surface area (Å²) < 4.78 is 1.62. The molecule has 11 heteroatoms. The van der Waals surface area contributed by atoms with Crippen LogP contribution in [0.15, 0.2) is 79.0 Å². The molecule has 0 aliphatic carbocycles. The number of carbonyl (C=O) groups is 3. The van der Waals surface area contributed by atoms with Crippen LogP contribution in [0.2, 0.25) is 0 Å². The summed E-state index contributed by atoms with van der Waals surface area (Å²) in [4.78, 5) is 38.3. The van der Waals surface area contributed by atoms with Crippen LogP contribution >= 0.6 is 0 Å². The van der Waals surface area contributed by atoms with E-state index >= 15 is 0 Å². The number of para-hydroxylation sites is 1. The molecule has 0 saturated heterocycles. The Morgan fingerprint density at radius 2 is 1.44 bits per heavy atom. The van der Waals surface area contributed by atoms with Crippen molar-refractivity contribution >= 4 is 34.6 Å². The van der Waals surface area contributed by atoms with Gasteiger partial charge < -0.3 is 33.1 Å². The molecule has 236 valence electrons. The third kappa shape index (κ3) is 7.02. The summed E-state index contributed by atoms with van der Waals surface area (Å²) in [5.74, 6) is -3.42. The second-order valence-corrected chi connectivity index (χ2v) is 11.2. The van der Waals surface area contributed by atoms with Crippen molar-refractivity contribution in [3.05, 3.63) is 90.1 Å². The number of hydrogen-bond acceptors (Lipinski definition) is 8. The molecule has 1 heterocycles. The summed E-state index contributed by atoms with van der Waals surface area (Å²) in [6, 6.07) is 20.3. The van der Waals surface area contributed by atoms with E-state index in [1.807, 2.05) is 60.7 Å². The van der Waals surface area contributed by atoms with Gasteiger partial charge in [-0.15, -0.1) is 0 Å². The maximum Gasteiger partial charge on any atom is 0.331 e. The fourth-order valence-corrected chi connectivity index (χ4v) is 5.42. The molecular weight excluding hydrogens is 572 g/mol. The van der Waals surface area contributed by atoms with Crippen LogP contribution < -0.4 is 22.9 Å². The Balaban J connectivity index is 1.96. The van der Waals surface area contributed by atoms with E-state index in [9.17, 15) is 24.6 Å². The van der Waals surface area contributed by atoms with E-state index in [0.29, 0.717) is 72.2 Å². The van der Waals surface area contributed by atoms with E-state index < -0.39 is 28.8 Å². The number of unbranched alkanes of at least 4 members (excludes halogenated alkanes) is 2. The number of rotatable bonds is 16. The Labute approximate surface area is 261 Å². The minimum atomic E-state index is -2.13. The lowest BCUT2D eigenvalue weighted by Gasteiger charge is -2.28. The van der Waals surface area contributed by atoms with Crippen molar-refractivity contribution in [1.29, 1.82) is 0 Å². The molecule has 10 N–H and O–H groups in total. The second-order valence-electron chi connectivity index (χ2n) is 11.2. The van der Waals surface area contributed by atoms with Crippen LogP contribution in [0.25, 0.3) is 33.8 Å². The van der Waals surface area contributed by atoms with Gasteiger partial charge in [0.1, 0.15) is 11.2 Å². The molecule has 0 amide bonds. The minimum Gasteiger partial charge on any atom is -0.480 e. The molecular formula is C34H40N6O5. The first kappa shape index (κ1) is 33.2. The lowest BCUT2D eigenvalue weighted by molar-refractivity contribution is -0.147. The van der Waals surface area contributed by atoms with E-state index in [1.54, 1.807) is 16.9 Å². The molecule has 0 aliphatic heterocycles. The van der Waals surface area contributed by atoms with Crippen LogP contribution in [-0.2, 0) is 19.9 Å². The standard InChI is InChI=1S/C34H40N6O5/c35-20-8-6-18-33(37,31(42)43)27-16-14-23-10-4-5-13-26(23)29(27)30-24(22-40(39-30)25-11-2-1-3-12-25)15-17-28(41)34(38,32(44)45)19-7-9-21-36/h1-5,10-17,22H,6-9,18-21,35-38H2,(H,42,43)(H,44,45)/b17-15+/t33-,34-/m1/s1. The normalized spacial score (nSPS) is 14.3. The second kappa shape index (κ2) is 14.4. The lowest BCUT2D eigenvalue weighted by Crippen LogP contribution is -2.54. The van der Waals surface area contributed by atoms with Crippen molar-refractivity contribution in [2.45, 2.75) is 49.6 Å². The smallest absolute Gasteiger partial charge is 0.331 e. The number of aromatic nitrogens is 2. The maximum atomic E-state index is 13.3. The average molecular weight is 613 g/mol. The van der Waals surface area contributed by atoms with Crippen molar-refractivity contribution in [2.75, 3.05) is 13.1 Å². The molecule has 0 bridgehead atoms. The van der Waals surface area contributed by atoms with Gasteiger partial charge in [-0.05, 0) is 92.2 Å². The van der Waals surface area contributed by atoms with Crippen LogP contribution in [0.3, 0.4) is 0 Å². The fourth-order valence-electron chi connectivity index (χ4n) is 5.42. The fraction of sp³-hybridized carbons (Fsp3) is 0.294. The highest BCUT2D eigenvalue weighted by molar-refractivity contribution is 6.14. The van der Waals surface area contributed by atoms with Crippen LogP contribution in [0.1, 0.15) is 49.7 Å². The Morgan fingerprint density at radius 1 is 0.800 bits per heavy atom. The highest BCUT2D eigenvalue weighted by atomic mass is 16.4. The number of benzene rings is 3. The molecule has 0 spiro atoms. The first-order valence-corrected chi connectivity index (χ1v) is 14.9. The molecule has 45 heavy (non-hydrogen) atoms. The SMILES string of the molecule is NCCCC[C@](N)(C(=O)O)C(=O)/C=C/c1cn(-c2ccccc2)nc1-c1c([C@](N)(CCCCN)C(=O)O)ccc2ccccc12. The molecule has 2 atom stereocenters. The summed E-state index contributed by atoms with van der Waals surface area (Å²) in [6.07, 6.45) is 6.34. The number of nitrogens with two attached hydrogens (primary N) is 4. The number of fused-ring (bicyclic) bond motifs is 1.